The predicted octanol–water partition coefficient (Wildman–Crippen LogP) is 6.88. The minimum absolute atomic E-state index is 0.596. The summed E-state index contributed by atoms with van der Waals surface area (Å²) in [5, 5.41) is 0. The molecule has 3 unspecified atom stereocenters. The molecule has 3 rings (SSSR count). The largest absolute Gasteiger partial charge is 0.305 e. The van der Waals surface area contributed by atoms with Gasteiger partial charge in [-0.05, 0) is 118 Å². The molecule has 3 aliphatic rings. The van der Waals surface area contributed by atoms with Crippen molar-refractivity contribution in [3.63, 3.8) is 0 Å². The quantitative estimate of drug-likeness (QED) is 0.302. The summed E-state index contributed by atoms with van der Waals surface area (Å²) in [7, 11) is 4.45. The minimum Gasteiger partial charge on any atom is -0.305 e. The van der Waals surface area contributed by atoms with Crippen molar-refractivity contribution >= 4 is 0 Å². The lowest BCUT2D eigenvalue weighted by Crippen LogP contribution is -2.50. The Kier molecular flexibility index (Phi) is 16.8. The first kappa shape index (κ1) is 37.8. The van der Waals surface area contributed by atoms with E-state index in [0.29, 0.717) is 11.5 Å². The highest BCUT2D eigenvalue weighted by Gasteiger charge is 2.36. The first-order valence-corrected chi connectivity index (χ1v) is 17.1. The fraction of sp³-hybridized carbons (Fsp3) is 1.00. The molecule has 3 fully saturated rings. The highest BCUT2D eigenvalue weighted by Crippen LogP contribution is 2.36. The summed E-state index contributed by atoms with van der Waals surface area (Å²) in [6, 6.07) is 3.63. The van der Waals surface area contributed by atoms with Gasteiger partial charge in [-0.25, -0.2) is 0 Å². The monoisotopic (exact) mass is 566 g/mol. The van der Waals surface area contributed by atoms with Gasteiger partial charge < -0.3 is 9.80 Å². The fourth-order valence-electron chi connectivity index (χ4n) is 7.16. The Morgan fingerprint density at radius 3 is 1.38 bits per heavy atom. The maximum Gasteiger partial charge on any atom is 0.0257 e. The Bertz CT molecular complexity index is 634. The van der Waals surface area contributed by atoms with Crippen LogP contribution in [0, 0.1) is 23.2 Å². The Morgan fingerprint density at radius 1 is 0.600 bits per heavy atom. The zero-order chi connectivity index (χ0) is 30.8. The number of likely N-dealkylation sites (N-methyl/N-ethyl adjacent to an activating group) is 1. The molecule has 0 saturated carbocycles. The molecule has 0 bridgehead atoms. The van der Waals surface area contributed by atoms with Crippen LogP contribution in [0.15, 0.2) is 0 Å². The van der Waals surface area contributed by atoms with Gasteiger partial charge in [-0.2, -0.15) is 0 Å². The summed E-state index contributed by atoms with van der Waals surface area (Å²) in [5.74, 6) is 2.53. The molecule has 3 atom stereocenters. The Hall–Kier alpha value is -0.200. The van der Waals surface area contributed by atoms with E-state index in [4.69, 9.17) is 0 Å². The van der Waals surface area contributed by atoms with Gasteiger partial charge in [-0.1, -0.05) is 34.6 Å². The number of hydrogen-bond donors (Lipinski definition) is 0. The SMILES string of the molecule is CC(C)CC1(C)CCN(C(C)C)C1.CC(C)CC1CN(C(C)C)CC1N(C)C.CC(C)N1CCN(C(C)C)CC1. The van der Waals surface area contributed by atoms with E-state index in [9.17, 15) is 0 Å². The molecule has 0 aromatic heterocycles. The van der Waals surface area contributed by atoms with E-state index in [-0.39, 0.29) is 0 Å². The predicted molar refractivity (Wildman–Crippen MR) is 179 cm³/mol. The molecule has 0 aliphatic carbocycles. The molecule has 3 aliphatic heterocycles. The lowest BCUT2D eigenvalue weighted by Gasteiger charge is -2.38. The minimum atomic E-state index is 0.596. The molecule has 3 heterocycles. The maximum atomic E-state index is 2.62. The van der Waals surface area contributed by atoms with Crippen molar-refractivity contribution in [1.29, 1.82) is 0 Å². The molecule has 40 heavy (non-hydrogen) atoms. The van der Waals surface area contributed by atoms with Crippen LogP contribution in [0.5, 0.6) is 0 Å². The first-order valence-electron chi connectivity index (χ1n) is 17.1. The third-order valence-electron chi connectivity index (χ3n) is 9.63. The third kappa shape index (κ3) is 13.4. The van der Waals surface area contributed by atoms with Gasteiger partial charge in [0.25, 0.3) is 0 Å². The Labute approximate surface area is 253 Å². The fourth-order valence-corrected chi connectivity index (χ4v) is 7.16. The number of hydrogen-bond acceptors (Lipinski definition) is 5. The zero-order valence-corrected chi connectivity index (χ0v) is 30.1. The van der Waals surface area contributed by atoms with E-state index >= 15 is 0 Å². The van der Waals surface area contributed by atoms with Crippen molar-refractivity contribution in [3.8, 4) is 0 Å². The molecule has 0 radical (unpaired) electrons. The molecule has 0 aromatic carbocycles. The van der Waals surface area contributed by atoms with Crippen LogP contribution < -0.4 is 0 Å². The van der Waals surface area contributed by atoms with Gasteiger partial charge in [-0.15, -0.1) is 0 Å². The number of likely N-dealkylation sites (tertiary alicyclic amines) is 2. The number of rotatable bonds is 9. The molecule has 5 heteroatoms. The molecule has 0 spiro atoms. The Morgan fingerprint density at radius 2 is 1.05 bits per heavy atom. The van der Waals surface area contributed by atoms with Gasteiger partial charge in [0.1, 0.15) is 0 Å². The summed E-state index contributed by atoms with van der Waals surface area (Å²) < 4.78 is 0. The highest BCUT2D eigenvalue weighted by atomic mass is 15.3. The molecule has 0 aromatic rings. The van der Waals surface area contributed by atoms with Gasteiger partial charge in [-0.3, -0.25) is 14.7 Å². The van der Waals surface area contributed by atoms with Crippen LogP contribution in [-0.2, 0) is 0 Å². The summed E-state index contributed by atoms with van der Waals surface area (Å²) in [5.41, 5.74) is 0.596. The third-order valence-corrected chi connectivity index (χ3v) is 9.63. The van der Waals surface area contributed by atoms with Crippen LogP contribution in [0.4, 0.5) is 0 Å². The van der Waals surface area contributed by atoms with Crippen molar-refractivity contribution in [3.05, 3.63) is 0 Å². The summed E-state index contributed by atoms with van der Waals surface area (Å²) in [6.07, 6.45) is 4.14. The topological polar surface area (TPSA) is 16.2 Å². The molecule has 240 valence electrons. The second-order valence-corrected chi connectivity index (χ2v) is 16.0. The molecule has 0 amide bonds. The van der Waals surface area contributed by atoms with Gasteiger partial charge in [0.2, 0.25) is 0 Å². The van der Waals surface area contributed by atoms with Crippen LogP contribution in [0.1, 0.15) is 109 Å². The van der Waals surface area contributed by atoms with Crippen molar-refractivity contribution in [1.82, 2.24) is 24.5 Å². The standard InChI is InChI=1S/C13H28N2.C12H25N.C10H22N2/c1-10(2)7-12-8-15(11(3)4)9-13(12)14(5)6;1-10(2)8-12(5)6-7-13(9-12)11(3)4;1-9(2)11-5-7-12(8-6-11)10(3)4/h10-13H,7-9H2,1-6H3;10-11H,6-9H2,1-5H3;9-10H,5-8H2,1-4H3. The highest BCUT2D eigenvalue weighted by molar-refractivity contribution is 4.91. The lowest BCUT2D eigenvalue weighted by atomic mass is 9.81. The Balaban J connectivity index is 0.000000302. The van der Waals surface area contributed by atoms with Crippen molar-refractivity contribution < 1.29 is 0 Å². The summed E-state index contributed by atoms with van der Waals surface area (Å²) in [6.45, 7) is 40.3. The molecule has 0 N–H and O–H groups in total. The van der Waals surface area contributed by atoms with Crippen LogP contribution in [-0.4, -0.2) is 121 Å². The van der Waals surface area contributed by atoms with Crippen LogP contribution in [0.25, 0.3) is 0 Å². The van der Waals surface area contributed by atoms with Crippen LogP contribution in [0.2, 0.25) is 0 Å². The second kappa shape index (κ2) is 17.8. The van der Waals surface area contributed by atoms with Crippen LogP contribution in [0.3, 0.4) is 0 Å². The normalized spacial score (nSPS) is 27.4. The number of nitrogens with zero attached hydrogens (tertiary/aromatic N) is 5. The van der Waals surface area contributed by atoms with Crippen LogP contribution >= 0.6 is 0 Å². The van der Waals surface area contributed by atoms with Gasteiger partial charge in [0.15, 0.2) is 0 Å². The van der Waals surface area contributed by atoms with Crippen molar-refractivity contribution in [2.24, 2.45) is 23.2 Å². The first-order chi connectivity index (χ1) is 18.5. The average molecular weight is 566 g/mol. The molecular weight excluding hydrogens is 490 g/mol. The van der Waals surface area contributed by atoms with Crippen molar-refractivity contribution in [2.45, 2.75) is 139 Å². The van der Waals surface area contributed by atoms with Crippen molar-refractivity contribution in [2.75, 3.05) is 66.5 Å². The van der Waals surface area contributed by atoms with E-state index < -0.39 is 0 Å². The van der Waals surface area contributed by atoms with E-state index in [1.807, 2.05) is 0 Å². The van der Waals surface area contributed by atoms with E-state index in [1.54, 1.807) is 0 Å². The number of piperazine rings is 1. The molecular formula is C35H75N5. The zero-order valence-electron chi connectivity index (χ0n) is 30.1. The van der Waals surface area contributed by atoms with Gasteiger partial charge in [0, 0.05) is 76.0 Å². The molecule has 5 nitrogen and oxygen atoms in total. The second-order valence-electron chi connectivity index (χ2n) is 16.0. The van der Waals surface area contributed by atoms with Gasteiger partial charge >= 0.3 is 0 Å². The van der Waals surface area contributed by atoms with Gasteiger partial charge in [0.05, 0.1) is 0 Å². The smallest absolute Gasteiger partial charge is 0.0257 e. The maximum absolute atomic E-state index is 2.62. The van der Waals surface area contributed by atoms with E-state index in [1.165, 1.54) is 71.6 Å². The average Bonchev–Trinajstić information content (AvgIpc) is 3.43. The summed E-state index contributed by atoms with van der Waals surface area (Å²) >= 11 is 0. The molecule has 3 saturated heterocycles. The lowest BCUT2D eigenvalue weighted by molar-refractivity contribution is 0.0887. The van der Waals surface area contributed by atoms with E-state index in [0.717, 1.165) is 41.9 Å². The summed E-state index contributed by atoms with van der Waals surface area (Å²) in [4.78, 5) is 12.8. The van der Waals surface area contributed by atoms with E-state index in [2.05, 4.69) is 129 Å².